The van der Waals surface area contributed by atoms with Crippen LogP contribution in [-0.4, -0.2) is 46.7 Å². The third-order valence-electron chi connectivity index (χ3n) is 3.87. The number of likely N-dealkylation sites (tertiary alicyclic amines) is 1. The van der Waals surface area contributed by atoms with Crippen LogP contribution in [0.1, 0.15) is 31.9 Å². The van der Waals surface area contributed by atoms with Crippen LogP contribution in [0.25, 0.3) is 0 Å². The van der Waals surface area contributed by atoms with Gasteiger partial charge in [-0.1, -0.05) is 18.5 Å². The quantitative estimate of drug-likeness (QED) is 0.825. The Balaban J connectivity index is 1.89. The highest BCUT2D eigenvalue weighted by Crippen LogP contribution is 2.35. The molecule has 1 aromatic rings. The number of nitrogens with zero attached hydrogens (tertiary/aromatic N) is 2. The standard InChI is InChI=1S/C14H21N3O4/c1-3-4-14(13(19)20)5-6-17(9-14)8-11(18)15-12-7-10(2)16-21-12/h7H,3-6,8-9H2,1-2H3,(H,15,18)(H,19,20). The minimum absolute atomic E-state index is 0.165. The minimum atomic E-state index is -0.766. The van der Waals surface area contributed by atoms with E-state index in [0.29, 0.717) is 37.5 Å². The second-order valence-corrected chi connectivity index (χ2v) is 5.68. The van der Waals surface area contributed by atoms with E-state index in [0.717, 1.165) is 6.42 Å². The van der Waals surface area contributed by atoms with Crippen LogP contribution < -0.4 is 5.32 Å². The summed E-state index contributed by atoms with van der Waals surface area (Å²) in [5.41, 5.74) is -0.0167. The van der Waals surface area contributed by atoms with Crippen LogP contribution in [0.3, 0.4) is 0 Å². The number of carbonyl (C=O) groups is 2. The number of carboxylic acid groups (broad SMARTS) is 1. The van der Waals surface area contributed by atoms with Gasteiger partial charge in [-0.15, -0.1) is 0 Å². The number of hydrogen-bond acceptors (Lipinski definition) is 5. The van der Waals surface area contributed by atoms with E-state index in [1.807, 2.05) is 11.8 Å². The van der Waals surface area contributed by atoms with Crippen LogP contribution in [0.4, 0.5) is 5.88 Å². The smallest absolute Gasteiger partial charge is 0.310 e. The summed E-state index contributed by atoms with van der Waals surface area (Å²) in [6.45, 7) is 4.95. The number of aliphatic carboxylic acids is 1. The average molecular weight is 295 g/mol. The molecule has 1 amide bonds. The molecule has 7 nitrogen and oxygen atoms in total. The number of hydrogen-bond donors (Lipinski definition) is 2. The van der Waals surface area contributed by atoms with E-state index in [-0.39, 0.29) is 12.5 Å². The van der Waals surface area contributed by atoms with E-state index in [1.165, 1.54) is 0 Å². The molecular formula is C14H21N3O4. The first-order valence-electron chi connectivity index (χ1n) is 7.14. The number of amides is 1. The van der Waals surface area contributed by atoms with Crippen molar-refractivity contribution in [3.05, 3.63) is 11.8 Å². The maximum Gasteiger partial charge on any atom is 0.310 e. The Hall–Kier alpha value is -1.89. The third kappa shape index (κ3) is 3.60. The van der Waals surface area contributed by atoms with Gasteiger partial charge in [0.2, 0.25) is 11.8 Å². The first-order valence-corrected chi connectivity index (χ1v) is 7.14. The molecule has 2 heterocycles. The maximum atomic E-state index is 11.9. The Labute approximate surface area is 123 Å². The predicted molar refractivity (Wildman–Crippen MR) is 75.9 cm³/mol. The summed E-state index contributed by atoms with van der Waals surface area (Å²) in [6, 6.07) is 1.64. The van der Waals surface area contributed by atoms with Crippen LogP contribution in [-0.2, 0) is 9.59 Å². The van der Waals surface area contributed by atoms with Crippen LogP contribution >= 0.6 is 0 Å². The fourth-order valence-electron chi connectivity index (χ4n) is 2.86. The van der Waals surface area contributed by atoms with E-state index in [9.17, 15) is 14.7 Å². The second-order valence-electron chi connectivity index (χ2n) is 5.68. The van der Waals surface area contributed by atoms with E-state index in [4.69, 9.17) is 4.52 Å². The van der Waals surface area contributed by atoms with E-state index in [2.05, 4.69) is 10.5 Å². The van der Waals surface area contributed by atoms with Gasteiger partial charge in [0.05, 0.1) is 17.7 Å². The molecule has 0 saturated carbocycles. The van der Waals surface area contributed by atoms with Crippen molar-refractivity contribution < 1.29 is 19.2 Å². The number of aryl methyl sites for hydroxylation is 1. The summed E-state index contributed by atoms with van der Waals surface area (Å²) in [6.07, 6.45) is 2.05. The fourth-order valence-corrected chi connectivity index (χ4v) is 2.86. The van der Waals surface area contributed by atoms with Crippen LogP contribution in [0.15, 0.2) is 10.6 Å². The normalized spacial score (nSPS) is 22.4. The van der Waals surface area contributed by atoms with E-state index in [1.54, 1.807) is 13.0 Å². The number of rotatable bonds is 6. The Morgan fingerprint density at radius 2 is 2.33 bits per heavy atom. The first-order chi connectivity index (χ1) is 9.95. The highest BCUT2D eigenvalue weighted by Gasteiger charge is 2.44. The zero-order valence-electron chi connectivity index (χ0n) is 12.4. The molecule has 1 saturated heterocycles. The molecular weight excluding hydrogens is 274 g/mol. The van der Waals surface area contributed by atoms with Crippen molar-refractivity contribution in [2.75, 3.05) is 25.0 Å². The van der Waals surface area contributed by atoms with Crippen LogP contribution in [0.2, 0.25) is 0 Å². The topological polar surface area (TPSA) is 95.7 Å². The maximum absolute atomic E-state index is 11.9. The van der Waals surface area contributed by atoms with E-state index < -0.39 is 11.4 Å². The van der Waals surface area contributed by atoms with Gasteiger partial charge < -0.3 is 9.63 Å². The lowest BCUT2D eigenvalue weighted by Gasteiger charge is -2.24. The van der Waals surface area contributed by atoms with Gasteiger partial charge in [0, 0.05) is 12.6 Å². The zero-order valence-corrected chi connectivity index (χ0v) is 12.4. The van der Waals surface area contributed by atoms with Gasteiger partial charge in [0.25, 0.3) is 0 Å². The molecule has 0 spiro atoms. The van der Waals surface area contributed by atoms with Crippen molar-refractivity contribution in [1.29, 1.82) is 0 Å². The molecule has 0 aliphatic carbocycles. The van der Waals surface area contributed by atoms with Crippen molar-refractivity contribution in [2.45, 2.75) is 33.1 Å². The summed E-state index contributed by atoms with van der Waals surface area (Å²) < 4.78 is 4.92. The SMILES string of the molecule is CCCC1(C(=O)O)CCN(CC(=O)Nc2cc(C)no2)C1. The highest BCUT2D eigenvalue weighted by molar-refractivity contribution is 5.91. The molecule has 0 aromatic carbocycles. The first kappa shape index (κ1) is 15.5. The fraction of sp³-hybridized carbons (Fsp3) is 0.643. The average Bonchev–Trinajstić information content (AvgIpc) is 2.98. The number of nitrogens with one attached hydrogen (secondary N) is 1. The minimum Gasteiger partial charge on any atom is -0.481 e. The largest absolute Gasteiger partial charge is 0.481 e. The van der Waals surface area contributed by atoms with Gasteiger partial charge in [0.15, 0.2) is 0 Å². The molecule has 0 bridgehead atoms. The molecule has 2 rings (SSSR count). The number of carboxylic acids is 1. The summed E-state index contributed by atoms with van der Waals surface area (Å²) >= 11 is 0. The summed E-state index contributed by atoms with van der Waals surface area (Å²) in [4.78, 5) is 25.3. The van der Waals surface area contributed by atoms with Crippen LogP contribution in [0.5, 0.6) is 0 Å². The molecule has 1 aliphatic rings. The number of anilines is 1. The van der Waals surface area contributed by atoms with Crippen molar-refractivity contribution in [3.8, 4) is 0 Å². The number of aromatic nitrogens is 1. The van der Waals surface area contributed by atoms with Gasteiger partial charge in [0.1, 0.15) is 0 Å². The molecule has 21 heavy (non-hydrogen) atoms. The Morgan fingerprint density at radius 1 is 1.57 bits per heavy atom. The van der Waals surface area contributed by atoms with Gasteiger partial charge in [-0.3, -0.25) is 19.8 Å². The molecule has 116 valence electrons. The zero-order chi connectivity index (χ0) is 15.5. The van der Waals surface area contributed by atoms with Crippen LogP contribution in [0, 0.1) is 12.3 Å². The predicted octanol–water partition coefficient (Wildman–Crippen LogP) is 1.50. The molecule has 1 aliphatic heterocycles. The highest BCUT2D eigenvalue weighted by atomic mass is 16.5. The lowest BCUT2D eigenvalue weighted by atomic mass is 9.83. The second kappa shape index (κ2) is 6.26. The van der Waals surface area contributed by atoms with Gasteiger partial charge >= 0.3 is 5.97 Å². The molecule has 1 aromatic heterocycles. The van der Waals surface area contributed by atoms with Gasteiger partial charge in [-0.2, -0.15) is 0 Å². The molecule has 1 atom stereocenters. The monoisotopic (exact) mass is 295 g/mol. The molecule has 7 heteroatoms. The summed E-state index contributed by atoms with van der Waals surface area (Å²) in [5, 5.41) is 15.7. The molecule has 1 fully saturated rings. The Morgan fingerprint density at radius 3 is 2.90 bits per heavy atom. The molecule has 0 radical (unpaired) electrons. The Kier molecular flexibility index (Phi) is 4.62. The van der Waals surface area contributed by atoms with Gasteiger partial charge in [-0.05, 0) is 26.3 Å². The third-order valence-corrected chi connectivity index (χ3v) is 3.87. The van der Waals surface area contributed by atoms with Crippen molar-refractivity contribution >= 4 is 17.8 Å². The molecule has 2 N–H and O–H groups in total. The lowest BCUT2D eigenvalue weighted by molar-refractivity contribution is -0.148. The van der Waals surface area contributed by atoms with Crippen molar-refractivity contribution in [3.63, 3.8) is 0 Å². The van der Waals surface area contributed by atoms with Crippen molar-refractivity contribution in [1.82, 2.24) is 10.1 Å². The van der Waals surface area contributed by atoms with Gasteiger partial charge in [-0.25, -0.2) is 0 Å². The lowest BCUT2D eigenvalue weighted by Crippen LogP contribution is -2.37. The number of carbonyl (C=O) groups excluding carboxylic acids is 1. The molecule has 1 unspecified atom stereocenters. The summed E-state index contributed by atoms with van der Waals surface area (Å²) in [7, 11) is 0. The summed E-state index contributed by atoms with van der Waals surface area (Å²) in [5.74, 6) is -0.670. The van der Waals surface area contributed by atoms with E-state index >= 15 is 0 Å². The Bertz CT molecular complexity index is 528. The van der Waals surface area contributed by atoms with Crippen molar-refractivity contribution in [2.24, 2.45) is 5.41 Å².